The van der Waals surface area contributed by atoms with Crippen LogP contribution in [0.5, 0.6) is 0 Å². The summed E-state index contributed by atoms with van der Waals surface area (Å²) in [4.78, 5) is 1.34. The van der Waals surface area contributed by atoms with Crippen LogP contribution >= 0.6 is 27.3 Å². The highest BCUT2D eigenvalue weighted by Crippen LogP contribution is 2.24. The molecule has 0 aliphatic heterocycles. The fraction of sp³-hybridized carbons (Fsp3) is 0.286. The number of benzene rings is 1. The molecule has 0 fully saturated rings. The predicted molar refractivity (Wildman–Crippen MR) is 78.7 cm³/mol. The van der Waals surface area contributed by atoms with Gasteiger partial charge in [-0.3, -0.25) is 0 Å². The summed E-state index contributed by atoms with van der Waals surface area (Å²) in [5.41, 5.74) is 1.16. The summed E-state index contributed by atoms with van der Waals surface area (Å²) in [7, 11) is 1.97. The fourth-order valence-electron chi connectivity index (χ4n) is 1.88. The van der Waals surface area contributed by atoms with Crippen LogP contribution in [0.15, 0.2) is 40.2 Å². The molecule has 0 bridgehead atoms. The van der Waals surface area contributed by atoms with Crippen molar-refractivity contribution in [3.63, 3.8) is 0 Å². The summed E-state index contributed by atoms with van der Waals surface area (Å²) in [6.07, 6.45) is 1.88. The van der Waals surface area contributed by atoms with Crippen LogP contribution in [-0.4, -0.2) is 13.1 Å². The summed E-state index contributed by atoms with van der Waals surface area (Å²) in [5.74, 6) is -0.180. The first-order valence-electron chi connectivity index (χ1n) is 5.82. The Kier molecular flexibility index (Phi) is 4.92. The largest absolute Gasteiger partial charge is 0.316 e. The third kappa shape index (κ3) is 3.64. The minimum atomic E-state index is -0.180. The van der Waals surface area contributed by atoms with E-state index < -0.39 is 0 Å². The normalized spacial score (nSPS) is 12.6. The first-order valence-corrected chi connectivity index (χ1v) is 7.50. The van der Waals surface area contributed by atoms with Gasteiger partial charge < -0.3 is 5.32 Å². The van der Waals surface area contributed by atoms with Crippen molar-refractivity contribution in [1.29, 1.82) is 0 Å². The first-order chi connectivity index (χ1) is 8.69. The summed E-state index contributed by atoms with van der Waals surface area (Å²) < 4.78 is 14.0. The highest BCUT2D eigenvalue weighted by atomic mass is 79.9. The highest BCUT2D eigenvalue weighted by Gasteiger charge is 2.11. The number of hydrogen-bond acceptors (Lipinski definition) is 2. The maximum Gasteiger partial charge on any atom is 0.123 e. The van der Waals surface area contributed by atoms with E-state index >= 15 is 0 Å². The molecule has 1 aromatic heterocycles. The third-order valence-corrected chi connectivity index (χ3v) is 4.88. The van der Waals surface area contributed by atoms with Gasteiger partial charge in [0.05, 0.1) is 0 Å². The second kappa shape index (κ2) is 6.45. The molecule has 1 nitrogen and oxygen atoms in total. The molecule has 1 N–H and O–H groups in total. The molecule has 2 rings (SSSR count). The number of hydrogen-bond donors (Lipinski definition) is 1. The molecule has 0 radical (unpaired) electrons. The molecular formula is C14H15BrFNS. The van der Waals surface area contributed by atoms with E-state index in [4.69, 9.17) is 0 Å². The number of halogens is 2. The lowest BCUT2D eigenvalue weighted by atomic mass is 10.0. The van der Waals surface area contributed by atoms with Gasteiger partial charge >= 0.3 is 0 Å². The van der Waals surface area contributed by atoms with Crippen molar-refractivity contribution in [2.75, 3.05) is 7.05 Å². The van der Waals surface area contributed by atoms with Crippen LogP contribution in [0.1, 0.15) is 10.4 Å². The lowest BCUT2D eigenvalue weighted by Crippen LogP contribution is -2.29. The van der Waals surface area contributed by atoms with Crippen LogP contribution in [0.4, 0.5) is 4.39 Å². The van der Waals surface area contributed by atoms with Crippen molar-refractivity contribution in [3.05, 3.63) is 56.4 Å². The molecule has 18 heavy (non-hydrogen) atoms. The standard InChI is InChI=1S/C14H15BrFNS/c1-17-12(9-14-13(15)6-7-18-14)8-10-2-4-11(16)5-3-10/h2-7,12,17H,8-9H2,1H3. The van der Waals surface area contributed by atoms with Gasteiger partial charge in [-0.2, -0.15) is 0 Å². The van der Waals surface area contributed by atoms with E-state index in [2.05, 4.69) is 32.7 Å². The van der Waals surface area contributed by atoms with Gasteiger partial charge in [-0.15, -0.1) is 11.3 Å². The average Bonchev–Trinajstić information content (AvgIpc) is 2.77. The van der Waals surface area contributed by atoms with E-state index in [1.165, 1.54) is 21.5 Å². The molecule has 1 unspecified atom stereocenters. The molecule has 1 atom stereocenters. The Morgan fingerprint density at radius 1 is 1.22 bits per heavy atom. The maximum atomic E-state index is 12.8. The van der Waals surface area contributed by atoms with Crippen molar-refractivity contribution in [1.82, 2.24) is 5.32 Å². The topological polar surface area (TPSA) is 12.0 Å². The molecule has 96 valence electrons. The Hall–Kier alpha value is -0.710. The van der Waals surface area contributed by atoms with Crippen LogP contribution in [0.2, 0.25) is 0 Å². The van der Waals surface area contributed by atoms with Crippen molar-refractivity contribution in [3.8, 4) is 0 Å². The number of thiophene rings is 1. The lowest BCUT2D eigenvalue weighted by molar-refractivity contribution is 0.558. The SMILES string of the molecule is CNC(Cc1ccc(F)cc1)Cc1sccc1Br. The smallest absolute Gasteiger partial charge is 0.123 e. The van der Waals surface area contributed by atoms with Crippen LogP contribution in [0.3, 0.4) is 0 Å². The molecule has 0 spiro atoms. The monoisotopic (exact) mass is 327 g/mol. The van der Waals surface area contributed by atoms with Crippen molar-refractivity contribution >= 4 is 27.3 Å². The number of likely N-dealkylation sites (N-methyl/N-ethyl adjacent to an activating group) is 1. The minimum Gasteiger partial charge on any atom is -0.316 e. The Labute approximate surface area is 119 Å². The summed E-state index contributed by atoms with van der Waals surface area (Å²) in [6.45, 7) is 0. The zero-order chi connectivity index (χ0) is 13.0. The van der Waals surface area contributed by atoms with E-state index in [9.17, 15) is 4.39 Å². The van der Waals surface area contributed by atoms with Crippen LogP contribution in [0.25, 0.3) is 0 Å². The molecule has 1 aromatic carbocycles. The Bertz CT molecular complexity index is 495. The molecule has 2 aromatic rings. The van der Waals surface area contributed by atoms with Crippen LogP contribution in [0, 0.1) is 5.82 Å². The Morgan fingerprint density at radius 3 is 2.50 bits per heavy atom. The highest BCUT2D eigenvalue weighted by molar-refractivity contribution is 9.10. The van der Waals surface area contributed by atoms with E-state index in [0.717, 1.165) is 18.4 Å². The molecule has 0 aliphatic rings. The second-order valence-electron chi connectivity index (χ2n) is 4.21. The van der Waals surface area contributed by atoms with Crippen LogP contribution < -0.4 is 5.32 Å². The molecule has 0 saturated carbocycles. The van der Waals surface area contributed by atoms with Gasteiger partial charge in [0.25, 0.3) is 0 Å². The zero-order valence-corrected chi connectivity index (χ0v) is 12.5. The van der Waals surface area contributed by atoms with Crippen LogP contribution in [-0.2, 0) is 12.8 Å². The van der Waals surface area contributed by atoms with Gasteiger partial charge in [0.15, 0.2) is 0 Å². The van der Waals surface area contributed by atoms with Crippen molar-refractivity contribution in [2.24, 2.45) is 0 Å². The second-order valence-corrected chi connectivity index (χ2v) is 6.07. The molecule has 1 heterocycles. The maximum absolute atomic E-state index is 12.8. The predicted octanol–water partition coefficient (Wildman–Crippen LogP) is 4.02. The van der Waals surface area contributed by atoms with Crippen molar-refractivity contribution < 1.29 is 4.39 Å². The van der Waals surface area contributed by atoms with E-state index in [1.54, 1.807) is 11.3 Å². The third-order valence-electron chi connectivity index (χ3n) is 2.93. The first kappa shape index (κ1) is 13.7. The Morgan fingerprint density at radius 2 is 1.94 bits per heavy atom. The lowest BCUT2D eigenvalue weighted by Gasteiger charge is -2.15. The van der Waals surface area contributed by atoms with Gasteiger partial charge in [-0.05, 0) is 65.0 Å². The van der Waals surface area contributed by atoms with Gasteiger partial charge in [-0.25, -0.2) is 4.39 Å². The molecule has 0 aliphatic carbocycles. The van der Waals surface area contributed by atoms with Crippen molar-refractivity contribution in [2.45, 2.75) is 18.9 Å². The molecule has 4 heteroatoms. The van der Waals surface area contributed by atoms with Gasteiger partial charge in [0.2, 0.25) is 0 Å². The van der Waals surface area contributed by atoms with Gasteiger partial charge in [0, 0.05) is 15.4 Å². The minimum absolute atomic E-state index is 0.180. The van der Waals surface area contributed by atoms with E-state index in [0.29, 0.717) is 6.04 Å². The Balaban J connectivity index is 2.01. The molecule has 0 amide bonds. The van der Waals surface area contributed by atoms with E-state index in [1.807, 2.05) is 19.2 Å². The average molecular weight is 328 g/mol. The van der Waals surface area contributed by atoms with Gasteiger partial charge in [-0.1, -0.05) is 12.1 Å². The van der Waals surface area contributed by atoms with E-state index in [-0.39, 0.29) is 5.82 Å². The zero-order valence-electron chi connectivity index (χ0n) is 10.1. The fourth-order valence-corrected chi connectivity index (χ4v) is 3.47. The summed E-state index contributed by atoms with van der Waals surface area (Å²) in [6, 6.07) is 9.17. The summed E-state index contributed by atoms with van der Waals surface area (Å²) in [5, 5.41) is 5.41. The van der Waals surface area contributed by atoms with Gasteiger partial charge in [0.1, 0.15) is 5.82 Å². The quantitative estimate of drug-likeness (QED) is 0.874. The molecule has 0 saturated heterocycles. The number of nitrogens with one attached hydrogen (secondary N) is 1. The molecular weight excluding hydrogens is 313 g/mol. The number of rotatable bonds is 5. The summed E-state index contributed by atoms with van der Waals surface area (Å²) >= 11 is 5.31.